The minimum atomic E-state index is 1.64. The van der Waals surface area contributed by atoms with E-state index in [1.807, 2.05) is 0 Å². The molecule has 0 saturated heterocycles. The summed E-state index contributed by atoms with van der Waals surface area (Å²) in [7, 11) is 0. The summed E-state index contributed by atoms with van der Waals surface area (Å²) in [6.07, 6.45) is 6.44. The van der Waals surface area contributed by atoms with Gasteiger partial charge < -0.3 is 0 Å². The van der Waals surface area contributed by atoms with Crippen LogP contribution in [0, 0.1) is 12.3 Å². The quantitative estimate of drug-likeness (QED) is 0.390. The van der Waals surface area contributed by atoms with Crippen LogP contribution in [0.5, 0.6) is 0 Å². The van der Waals surface area contributed by atoms with Crippen molar-refractivity contribution in [3.63, 3.8) is 0 Å². The molecule has 0 aromatic carbocycles. The molecule has 0 unspecified atom stereocenters. The number of hydrogen-bond acceptors (Lipinski definition) is 0. The first-order chi connectivity index (χ1) is 2.41. The zero-order valence-corrected chi connectivity index (χ0v) is 4.77. The molecule has 0 nitrogen and oxygen atoms in total. The fourth-order valence-electron chi connectivity index (χ4n) is 0.0364. The molecule has 0 heterocycles. The van der Waals surface area contributed by atoms with Gasteiger partial charge in [-0.2, -0.15) is 0 Å². The Morgan fingerprint density at radius 3 is 2.40 bits per heavy atom. The molecule has 0 aromatic heterocycles. The van der Waals surface area contributed by atoms with Crippen LogP contribution in [0.1, 0.15) is 0 Å². The van der Waals surface area contributed by atoms with Crippen molar-refractivity contribution in [2.24, 2.45) is 0 Å². The Labute approximate surface area is 45.4 Å². The van der Waals surface area contributed by atoms with Gasteiger partial charge in [0.2, 0.25) is 0 Å². The maximum absolute atomic E-state index is 4.80. The van der Waals surface area contributed by atoms with E-state index in [0.717, 1.165) is 0 Å². The van der Waals surface area contributed by atoms with Crippen molar-refractivity contribution >= 4 is 22.6 Å². The highest BCUT2D eigenvalue weighted by Crippen LogP contribution is 1.78. The van der Waals surface area contributed by atoms with Gasteiger partial charge in [0, 0.05) is 0 Å². The molecular weight excluding hydrogens is 175 g/mol. The fraction of sp³-hybridized carbons (Fsp3) is 0. The zero-order valence-electron chi connectivity index (χ0n) is 2.61. The molecule has 0 rings (SSSR count). The van der Waals surface area contributed by atoms with Gasteiger partial charge in [-0.05, 0) is 10.2 Å². The third-order valence-corrected chi connectivity index (χ3v) is 0.519. The van der Waals surface area contributed by atoms with Crippen molar-refractivity contribution in [3.8, 4) is 12.3 Å². The van der Waals surface area contributed by atoms with Crippen molar-refractivity contribution in [2.75, 3.05) is 0 Å². The van der Waals surface area contributed by atoms with Crippen LogP contribution >= 0.6 is 22.6 Å². The zero-order chi connectivity index (χ0) is 4.12. The molecule has 0 fully saturated rings. The van der Waals surface area contributed by atoms with Gasteiger partial charge in [0.15, 0.2) is 0 Å². The summed E-state index contributed by atoms with van der Waals surface area (Å²) < 4.78 is 1.79. The number of allylic oxidation sites excluding steroid dienone is 1. The Bertz CT molecular complexity index is 66.2. The second-order valence-corrected chi connectivity index (χ2v) is 1.18. The normalized spacial score (nSPS) is 8.00. The maximum Gasteiger partial charge on any atom is -0.00608 e. The van der Waals surface area contributed by atoms with E-state index in [1.54, 1.807) is 10.2 Å². The molecule has 1 heteroatoms. The van der Waals surface area contributed by atoms with Crippen LogP contribution < -0.4 is 0 Å². The number of halogens is 1. The van der Waals surface area contributed by atoms with Gasteiger partial charge in [-0.1, -0.05) is 28.5 Å². The predicted molar refractivity (Wildman–Crippen MR) is 32.0 cm³/mol. The first kappa shape index (κ1) is 5.03. The topological polar surface area (TPSA) is 0 Å². The Hall–Kier alpha value is 0.0300. The predicted octanol–water partition coefficient (Wildman–Crippen LogP) is 1.57. The largest absolute Gasteiger partial charge is 0.115 e. The Kier molecular flexibility index (Phi) is 4.05. The van der Waals surface area contributed by atoms with Crippen molar-refractivity contribution in [1.82, 2.24) is 0 Å². The van der Waals surface area contributed by atoms with Gasteiger partial charge in [0.1, 0.15) is 0 Å². The van der Waals surface area contributed by atoms with Crippen LogP contribution in [-0.2, 0) is 0 Å². The van der Waals surface area contributed by atoms with Crippen LogP contribution in [0.4, 0.5) is 0 Å². The van der Waals surface area contributed by atoms with Gasteiger partial charge in [-0.15, -0.1) is 6.42 Å². The van der Waals surface area contributed by atoms with Crippen LogP contribution in [-0.4, -0.2) is 0 Å². The number of terminal acetylenes is 1. The monoisotopic (exact) mass is 178 g/mol. The smallest absolute Gasteiger partial charge is 0.00608 e. The third kappa shape index (κ3) is 4.03. The molecule has 26 valence electrons. The SMILES string of the molecule is C#C/C=C/I. The lowest BCUT2D eigenvalue weighted by Gasteiger charge is -1.49. The summed E-state index contributed by atoms with van der Waals surface area (Å²) >= 11 is 2.06. The van der Waals surface area contributed by atoms with Crippen molar-refractivity contribution in [3.05, 3.63) is 10.2 Å². The molecule has 0 saturated carbocycles. The Balaban J connectivity index is 3.04. The van der Waals surface area contributed by atoms with Gasteiger partial charge in [0.25, 0.3) is 0 Å². The molecule has 0 amide bonds. The molecule has 5 heavy (non-hydrogen) atoms. The van der Waals surface area contributed by atoms with Gasteiger partial charge in [0.05, 0.1) is 0 Å². The highest BCUT2D eigenvalue weighted by Gasteiger charge is 1.43. The van der Waals surface area contributed by atoms with E-state index in [4.69, 9.17) is 6.42 Å². The van der Waals surface area contributed by atoms with Crippen LogP contribution in [0.25, 0.3) is 0 Å². The van der Waals surface area contributed by atoms with E-state index in [1.165, 1.54) is 0 Å². The minimum absolute atomic E-state index is 1.64. The molecule has 0 bridgehead atoms. The van der Waals surface area contributed by atoms with Crippen LogP contribution in [0.2, 0.25) is 0 Å². The second-order valence-electron chi connectivity index (χ2n) is 0.459. The van der Waals surface area contributed by atoms with E-state index in [0.29, 0.717) is 0 Å². The molecule has 0 aliphatic carbocycles. The summed E-state index contributed by atoms with van der Waals surface area (Å²) in [4.78, 5) is 0. The van der Waals surface area contributed by atoms with E-state index < -0.39 is 0 Å². The van der Waals surface area contributed by atoms with E-state index >= 15 is 0 Å². The molecule has 0 atom stereocenters. The molecule has 0 radical (unpaired) electrons. The summed E-state index contributed by atoms with van der Waals surface area (Å²) in [5.74, 6) is 2.33. The van der Waals surface area contributed by atoms with Crippen molar-refractivity contribution in [2.45, 2.75) is 0 Å². The molecule has 0 aliphatic rings. The minimum Gasteiger partial charge on any atom is -0.115 e. The average Bonchev–Trinajstić information content (AvgIpc) is 1.41. The molecular formula is C4H3I. The summed E-state index contributed by atoms with van der Waals surface area (Å²) in [5, 5.41) is 0. The number of hydrogen-bond donors (Lipinski definition) is 0. The van der Waals surface area contributed by atoms with E-state index in [9.17, 15) is 0 Å². The van der Waals surface area contributed by atoms with Gasteiger partial charge >= 0.3 is 0 Å². The lowest BCUT2D eigenvalue weighted by atomic mass is 10.7. The third-order valence-electron chi connectivity index (χ3n) is 0.159. The lowest BCUT2D eigenvalue weighted by Crippen LogP contribution is -1.30. The van der Waals surface area contributed by atoms with E-state index in [2.05, 4.69) is 28.5 Å². The van der Waals surface area contributed by atoms with Crippen LogP contribution in [0.15, 0.2) is 10.2 Å². The highest BCUT2D eigenvalue weighted by molar-refractivity contribution is 14.1. The van der Waals surface area contributed by atoms with Gasteiger partial charge in [-0.25, -0.2) is 0 Å². The average molecular weight is 178 g/mol. The first-order valence-electron chi connectivity index (χ1n) is 1.13. The van der Waals surface area contributed by atoms with Crippen LogP contribution in [0.3, 0.4) is 0 Å². The summed E-state index contributed by atoms with van der Waals surface area (Å²) in [6, 6.07) is 0. The second kappa shape index (κ2) is 4.03. The Morgan fingerprint density at radius 1 is 1.80 bits per heavy atom. The molecule has 0 spiro atoms. The fourth-order valence-corrected chi connectivity index (χ4v) is 0.244. The Morgan fingerprint density at radius 2 is 2.40 bits per heavy atom. The number of rotatable bonds is 0. The molecule has 0 aliphatic heterocycles. The van der Waals surface area contributed by atoms with Gasteiger partial charge in [-0.3, -0.25) is 0 Å². The van der Waals surface area contributed by atoms with Crippen molar-refractivity contribution < 1.29 is 0 Å². The lowest BCUT2D eigenvalue weighted by molar-refractivity contribution is 2.32. The summed E-state index contributed by atoms with van der Waals surface area (Å²) in [5.41, 5.74) is 0. The summed E-state index contributed by atoms with van der Waals surface area (Å²) in [6.45, 7) is 0. The van der Waals surface area contributed by atoms with Crippen molar-refractivity contribution in [1.29, 1.82) is 0 Å². The maximum atomic E-state index is 4.80. The van der Waals surface area contributed by atoms with E-state index in [-0.39, 0.29) is 0 Å². The standard InChI is InChI=1S/C4H3I/c1-2-3-4-5/h1,3-4H/b4-3+. The highest BCUT2D eigenvalue weighted by atomic mass is 127. The first-order valence-corrected chi connectivity index (χ1v) is 2.37. The molecule has 0 N–H and O–H groups in total. The molecule has 0 aromatic rings.